The van der Waals surface area contributed by atoms with Crippen LogP contribution in [0.1, 0.15) is 11.1 Å². The van der Waals surface area contributed by atoms with Crippen LogP contribution in [0.2, 0.25) is 0 Å². The van der Waals surface area contributed by atoms with E-state index < -0.39 is 0 Å². The molecule has 2 aliphatic rings. The Morgan fingerprint density at radius 3 is 1.44 bits per heavy atom. The van der Waals surface area contributed by atoms with Crippen molar-refractivity contribution < 1.29 is 9.68 Å². The summed E-state index contributed by atoms with van der Waals surface area (Å²) < 4.78 is 0. The van der Waals surface area contributed by atoms with Gasteiger partial charge in [0.15, 0.2) is 11.5 Å². The van der Waals surface area contributed by atoms with Gasteiger partial charge in [0.2, 0.25) is 0 Å². The number of hydrogen-bond acceptors (Lipinski definition) is 4. The largest absolute Gasteiger partial charge is 0.382 e. The fourth-order valence-electron chi connectivity index (χ4n) is 1.72. The van der Waals surface area contributed by atoms with Crippen molar-refractivity contribution in [1.82, 2.24) is 11.0 Å². The van der Waals surface area contributed by atoms with E-state index in [1.54, 1.807) is 12.4 Å². The molecule has 2 aliphatic heterocycles. The highest BCUT2D eigenvalue weighted by molar-refractivity contribution is 5.67. The second-order valence-electron chi connectivity index (χ2n) is 3.80. The molecular formula is C14H12N2O2. The molecule has 0 aromatic heterocycles. The Bertz CT molecular complexity index is 503. The van der Waals surface area contributed by atoms with Gasteiger partial charge in [0.05, 0.1) is 0 Å². The zero-order valence-electron chi connectivity index (χ0n) is 9.59. The zero-order valence-corrected chi connectivity index (χ0v) is 9.59. The van der Waals surface area contributed by atoms with Gasteiger partial charge < -0.3 is 9.68 Å². The average Bonchev–Trinajstić information content (AvgIpc) is 2.49. The average molecular weight is 240 g/mol. The van der Waals surface area contributed by atoms with Gasteiger partial charge in [-0.2, -0.15) is 0 Å². The van der Waals surface area contributed by atoms with Gasteiger partial charge in [-0.25, -0.2) is 11.0 Å². The predicted molar refractivity (Wildman–Crippen MR) is 69.1 cm³/mol. The predicted octanol–water partition coefficient (Wildman–Crippen LogP) is 2.47. The maximum absolute atomic E-state index is 5.30. The third-order valence-corrected chi connectivity index (χ3v) is 2.62. The monoisotopic (exact) mass is 240 g/mol. The first kappa shape index (κ1) is 10.5. The smallest absolute Gasteiger partial charge is 0.162 e. The van der Waals surface area contributed by atoms with E-state index in [0.29, 0.717) is 0 Å². The van der Waals surface area contributed by atoms with E-state index in [0.717, 1.165) is 22.6 Å². The molecule has 0 bridgehead atoms. The Kier molecular flexibility index (Phi) is 2.75. The molecule has 0 fully saturated rings. The van der Waals surface area contributed by atoms with Crippen molar-refractivity contribution in [3.05, 3.63) is 72.1 Å². The molecular weight excluding hydrogens is 228 g/mol. The lowest BCUT2D eigenvalue weighted by atomic mass is 10.1. The minimum absolute atomic E-state index is 0.792. The van der Waals surface area contributed by atoms with Crippen LogP contribution in [-0.2, 0) is 9.68 Å². The molecule has 0 radical (unpaired) electrons. The summed E-state index contributed by atoms with van der Waals surface area (Å²) in [6, 6.07) is 7.96. The molecule has 0 unspecified atom stereocenters. The maximum atomic E-state index is 5.30. The van der Waals surface area contributed by atoms with Gasteiger partial charge in [-0.15, -0.1) is 0 Å². The maximum Gasteiger partial charge on any atom is 0.162 e. The Hall–Kier alpha value is -2.62. The highest BCUT2D eigenvalue weighted by atomic mass is 16.7. The van der Waals surface area contributed by atoms with E-state index >= 15 is 0 Å². The summed E-state index contributed by atoms with van der Waals surface area (Å²) in [4.78, 5) is 10.6. The summed E-state index contributed by atoms with van der Waals surface area (Å²) in [5, 5.41) is 0. The quantitative estimate of drug-likeness (QED) is 0.833. The van der Waals surface area contributed by atoms with Gasteiger partial charge in [0.1, 0.15) is 0 Å². The standard InChI is InChI=1S/C14H12N2O2/c1-3-13(17-15-9-1)11-5-7-12(8-6-11)14-4-2-10-16-18-14/h1-10,15-16H. The van der Waals surface area contributed by atoms with Gasteiger partial charge in [-0.1, -0.05) is 24.3 Å². The van der Waals surface area contributed by atoms with Crippen molar-refractivity contribution in [2.24, 2.45) is 0 Å². The number of benzene rings is 1. The Labute approximate surface area is 105 Å². The molecule has 1 aromatic carbocycles. The Balaban J connectivity index is 1.84. The number of nitrogens with one attached hydrogen (secondary N) is 2. The molecule has 0 atom stereocenters. The van der Waals surface area contributed by atoms with Crippen molar-refractivity contribution in [3.8, 4) is 0 Å². The van der Waals surface area contributed by atoms with E-state index in [1.165, 1.54) is 0 Å². The molecule has 4 nitrogen and oxygen atoms in total. The molecule has 0 saturated heterocycles. The summed E-state index contributed by atoms with van der Waals surface area (Å²) in [5.41, 5.74) is 7.43. The van der Waals surface area contributed by atoms with Gasteiger partial charge in [0, 0.05) is 23.5 Å². The molecule has 2 N–H and O–H groups in total. The van der Waals surface area contributed by atoms with Gasteiger partial charge in [-0.05, 0) is 24.3 Å². The minimum atomic E-state index is 0.792. The number of rotatable bonds is 2. The highest BCUT2D eigenvalue weighted by Gasteiger charge is 2.08. The molecule has 18 heavy (non-hydrogen) atoms. The van der Waals surface area contributed by atoms with Crippen LogP contribution in [0, 0.1) is 0 Å². The Morgan fingerprint density at radius 2 is 1.11 bits per heavy atom. The van der Waals surface area contributed by atoms with Gasteiger partial charge in [-0.3, -0.25) is 0 Å². The van der Waals surface area contributed by atoms with Crippen molar-refractivity contribution in [1.29, 1.82) is 0 Å². The second kappa shape index (κ2) is 4.71. The lowest BCUT2D eigenvalue weighted by molar-refractivity contribution is 0.197. The van der Waals surface area contributed by atoms with Crippen LogP contribution in [0.4, 0.5) is 0 Å². The zero-order chi connectivity index (χ0) is 12.2. The molecule has 0 amide bonds. The lowest BCUT2D eigenvalue weighted by Gasteiger charge is -2.14. The Morgan fingerprint density at radius 1 is 0.667 bits per heavy atom. The third kappa shape index (κ3) is 2.08. The van der Waals surface area contributed by atoms with Crippen LogP contribution in [0.3, 0.4) is 0 Å². The van der Waals surface area contributed by atoms with Crippen LogP contribution >= 0.6 is 0 Å². The molecule has 2 heterocycles. The van der Waals surface area contributed by atoms with Crippen LogP contribution in [0.5, 0.6) is 0 Å². The summed E-state index contributed by atoms with van der Waals surface area (Å²) in [5.74, 6) is 1.58. The summed E-state index contributed by atoms with van der Waals surface area (Å²) >= 11 is 0. The summed E-state index contributed by atoms with van der Waals surface area (Å²) in [6.45, 7) is 0. The molecule has 0 aliphatic carbocycles. The summed E-state index contributed by atoms with van der Waals surface area (Å²) in [7, 11) is 0. The molecule has 90 valence electrons. The van der Waals surface area contributed by atoms with Crippen molar-refractivity contribution >= 4 is 11.5 Å². The van der Waals surface area contributed by atoms with Crippen molar-refractivity contribution in [3.63, 3.8) is 0 Å². The van der Waals surface area contributed by atoms with E-state index in [2.05, 4.69) is 11.0 Å². The lowest BCUT2D eigenvalue weighted by Crippen LogP contribution is -2.09. The SMILES string of the molecule is C1=CNOC(c2ccc(C3=CC=CNO3)cc2)=C1. The molecule has 4 heteroatoms. The topological polar surface area (TPSA) is 42.5 Å². The number of hydroxylamine groups is 2. The number of allylic oxidation sites excluding steroid dienone is 4. The van der Waals surface area contributed by atoms with Crippen LogP contribution < -0.4 is 11.0 Å². The van der Waals surface area contributed by atoms with E-state index in [4.69, 9.17) is 9.68 Å². The van der Waals surface area contributed by atoms with E-state index in [1.807, 2.05) is 48.6 Å². The summed E-state index contributed by atoms with van der Waals surface area (Å²) in [6.07, 6.45) is 11.1. The fourth-order valence-corrected chi connectivity index (χ4v) is 1.72. The highest BCUT2D eigenvalue weighted by Crippen LogP contribution is 2.22. The minimum Gasteiger partial charge on any atom is -0.382 e. The molecule has 3 rings (SSSR count). The van der Waals surface area contributed by atoms with Gasteiger partial charge >= 0.3 is 0 Å². The van der Waals surface area contributed by atoms with E-state index in [-0.39, 0.29) is 0 Å². The number of hydrogen-bond donors (Lipinski definition) is 2. The third-order valence-electron chi connectivity index (χ3n) is 2.62. The van der Waals surface area contributed by atoms with Crippen LogP contribution in [-0.4, -0.2) is 0 Å². The van der Waals surface area contributed by atoms with E-state index in [9.17, 15) is 0 Å². The molecule has 0 saturated carbocycles. The first-order chi connectivity index (χ1) is 8.93. The first-order valence-electron chi connectivity index (χ1n) is 5.63. The molecule has 1 aromatic rings. The normalized spacial score (nSPS) is 16.7. The second-order valence-corrected chi connectivity index (χ2v) is 3.80. The van der Waals surface area contributed by atoms with Crippen LogP contribution in [0.25, 0.3) is 11.5 Å². The fraction of sp³-hybridized carbons (Fsp3) is 0. The first-order valence-corrected chi connectivity index (χ1v) is 5.63. The van der Waals surface area contributed by atoms with Gasteiger partial charge in [0.25, 0.3) is 0 Å². The van der Waals surface area contributed by atoms with Crippen molar-refractivity contribution in [2.45, 2.75) is 0 Å². The van der Waals surface area contributed by atoms with Crippen molar-refractivity contribution in [2.75, 3.05) is 0 Å². The molecule has 0 spiro atoms. The van der Waals surface area contributed by atoms with Crippen LogP contribution in [0.15, 0.2) is 61.0 Å².